The first-order chi connectivity index (χ1) is 12.6. The lowest BCUT2D eigenvalue weighted by Gasteiger charge is -2.30. The van der Waals surface area contributed by atoms with Gasteiger partial charge in [0.1, 0.15) is 5.57 Å². The van der Waals surface area contributed by atoms with Crippen LogP contribution >= 0.6 is 15.9 Å². The van der Waals surface area contributed by atoms with Gasteiger partial charge in [0, 0.05) is 16.8 Å². The molecule has 5 nitrogen and oxygen atoms in total. The molecule has 0 saturated carbocycles. The van der Waals surface area contributed by atoms with Crippen LogP contribution in [0, 0.1) is 0 Å². The van der Waals surface area contributed by atoms with Crippen LogP contribution in [-0.2, 0) is 14.3 Å². The number of anilines is 1. The first-order valence-corrected chi connectivity index (χ1v) is 9.16. The number of benzene rings is 2. The minimum Gasteiger partial charge on any atom is -0.462 e. The van der Waals surface area contributed by atoms with Crippen molar-refractivity contribution in [1.82, 2.24) is 0 Å². The summed E-state index contributed by atoms with van der Waals surface area (Å²) in [4.78, 5) is 27.1. The zero-order valence-electron chi connectivity index (χ0n) is 14.1. The van der Waals surface area contributed by atoms with E-state index in [0.29, 0.717) is 17.0 Å². The molecule has 0 saturated heterocycles. The standard InChI is InChI=1S/C20H16BrNO4/c1-2-25-20(24)18-14(12-7-9-13(21)10-8-12)11-17(23)22-15-5-3-4-6-16(15)26-19(18)22/h3-10,14H,2,11H2,1H3/t14-/m1/s1. The second kappa shape index (κ2) is 6.61. The number of para-hydroxylation sites is 2. The Bertz CT molecular complexity index is 920. The molecule has 0 N–H and O–H groups in total. The van der Waals surface area contributed by atoms with Gasteiger partial charge in [0.2, 0.25) is 11.8 Å². The molecule has 2 aliphatic heterocycles. The van der Waals surface area contributed by atoms with E-state index in [9.17, 15) is 9.59 Å². The van der Waals surface area contributed by atoms with Gasteiger partial charge in [-0.15, -0.1) is 0 Å². The first-order valence-electron chi connectivity index (χ1n) is 8.36. The fourth-order valence-electron chi connectivity index (χ4n) is 3.35. The number of carbonyl (C=O) groups excluding carboxylic acids is 2. The largest absolute Gasteiger partial charge is 0.462 e. The van der Waals surface area contributed by atoms with Crippen molar-refractivity contribution in [1.29, 1.82) is 0 Å². The van der Waals surface area contributed by atoms with Gasteiger partial charge in [0.05, 0.1) is 12.3 Å². The van der Waals surface area contributed by atoms with Crippen molar-refractivity contribution in [3.8, 4) is 5.75 Å². The summed E-state index contributed by atoms with van der Waals surface area (Å²) in [6, 6.07) is 14.9. The molecule has 0 aliphatic carbocycles. The molecular formula is C20H16BrNO4. The number of carbonyl (C=O) groups is 2. The quantitative estimate of drug-likeness (QED) is 0.709. The van der Waals surface area contributed by atoms with E-state index in [1.165, 1.54) is 4.90 Å². The van der Waals surface area contributed by atoms with Crippen LogP contribution in [0.2, 0.25) is 0 Å². The molecule has 2 aliphatic rings. The van der Waals surface area contributed by atoms with Gasteiger partial charge in [-0.3, -0.25) is 4.79 Å². The molecule has 0 spiro atoms. The molecule has 2 aromatic carbocycles. The van der Waals surface area contributed by atoms with E-state index in [1.807, 2.05) is 42.5 Å². The van der Waals surface area contributed by atoms with E-state index in [2.05, 4.69) is 15.9 Å². The maximum absolute atomic E-state index is 12.9. The predicted octanol–water partition coefficient (Wildman–Crippen LogP) is 4.14. The maximum Gasteiger partial charge on any atom is 0.340 e. The predicted molar refractivity (Wildman–Crippen MR) is 99.7 cm³/mol. The summed E-state index contributed by atoms with van der Waals surface area (Å²) in [5, 5.41) is 0. The van der Waals surface area contributed by atoms with Crippen LogP contribution in [-0.4, -0.2) is 18.5 Å². The highest BCUT2D eigenvalue weighted by Gasteiger charge is 2.44. The Labute approximate surface area is 159 Å². The summed E-state index contributed by atoms with van der Waals surface area (Å²) >= 11 is 3.41. The highest BCUT2D eigenvalue weighted by molar-refractivity contribution is 9.10. The topological polar surface area (TPSA) is 55.8 Å². The van der Waals surface area contributed by atoms with Gasteiger partial charge in [-0.05, 0) is 36.8 Å². The molecule has 0 unspecified atom stereocenters. The lowest BCUT2D eigenvalue weighted by atomic mass is 9.85. The lowest BCUT2D eigenvalue weighted by molar-refractivity contribution is -0.139. The number of fused-ring (bicyclic) bond motifs is 3. The zero-order chi connectivity index (χ0) is 18.3. The monoisotopic (exact) mass is 413 g/mol. The van der Waals surface area contributed by atoms with Crippen molar-refractivity contribution < 1.29 is 19.1 Å². The van der Waals surface area contributed by atoms with Crippen LogP contribution in [0.25, 0.3) is 0 Å². The summed E-state index contributed by atoms with van der Waals surface area (Å²) in [5.41, 5.74) is 1.91. The molecule has 4 rings (SSSR count). The van der Waals surface area contributed by atoms with Gasteiger partial charge >= 0.3 is 5.97 Å². The van der Waals surface area contributed by atoms with Gasteiger partial charge in [-0.25, -0.2) is 9.69 Å². The normalized spacial score (nSPS) is 18.3. The van der Waals surface area contributed by atoms with Crippen LogP contribution < -0.4 is 9.64 Å². The highest BCUT2D eigenvalue weighted by atomic mass is 79.9. The minimum atomic E-state index is -0.458. The fraction of sp³-hybridized carbons (Fsp3) is 0.200. The Kier molecular flexibility index (Phi) is 4.28. The van der Waals surface area contributed by atoms with Crippen molar-refractivity contribution in [3.05, 3.63) is 70.0 Å². The van der Waals surface area contributed by atoms with Gasteiger partial charge in [-0.1, -0.05) is 40.2 Å². The molecule has 1 amide bonds. The minimum absolute atomic E-state index is 0.106. The van der Waals surface area contributed by atoms with E-state index in [0.717, 1.165) is 10.0 Å². The average Bonchev–Trinajstić information content (AvgIpc) is 3.02. The number of hydrogen-bond acceptors (Lipinski definition) is 4. The Balaban J connectivity index is 1.87. The zero-order valence-corrected chi connectivity index (χ0v) is 15.7. The van der Waals surface area contributed by atoms with Crippen molar-refractivity contribution in [2.24, 2.45) is 0 Å². The van der Waals surface area contributed by atoms with E-state index in [4.69, 9.17) is 9.47 Å². The van der Waals surface area contributed by atoms with E-state index in [-0.39, 0.29) is 24.8 Å². The second-order valence-electron chi connectivity index (χ2n) is 6.05. The number of nitrogens with zero attached hydrogens (tertiary/aromatic N) is 1. The summed E-state index contributed by atoms with van der Waals surface area (Å²) in [5.74, 6) is -0.148. The Morgan fingerprint density at radius 1 is 1.23 bits per heavy atom. The van der Waals surface area contributed by atoms with Crippen molar-refractivity contribution in [2.45, 2.75) is 19.3 Å². The number of ether oxygens (including phenoxy) is 2. The van der Waals surface area contributed by atoms with Gasteiger partial charge in [0.25, 0.3) is 0 Å². The smallest absolute Gasteiger partial charge is 0.340 e. The van der Waals surface area contributed by atoms with E-state index in [1.54, 1.807) is 13.0 Å². The molecule has 132 valence electrons. The molecule has 1 atom stereocenters. The Hall–Kier alpha value is -2.60. The number of esters is 1. The summed E-state index contributed by atoms with van der Waals surface area (Å²) in [6.07, 6.45) is 0.178. The number of rotatable bonds is 3. The fourth-order valence-corrected chi connectivity index (χ4v) is 3.61. The van der Waals surface area contributed by atoms with Crippen LogP contribution in [0.15, 0.2) is 64.5 Å². The highest BCUT2D eigenvalue weighted by Crippen LogP contribution is 2.47. The summed E-state index contributed by atoms with van der Waals surface area (Å²) in [7, 11) is 0. The van der Waals surface area contributed by atoms with Crippen molar-refractivity contribution in [2.75, 3.05) is 11.5 Å². The summed E-state index contributed by atoms with van der Waals surface area (Å²) in [6.45, 7) is 2.01. The van der Waals surface area contributed by atoms with Crippen molar-refractivity contribution in [3.63, 3.8) is 0 Å². The molecule has 2 heterocycles. The van der Waals surface area contributed by atoms with Crippen molar-refractivity contribution >= 4 is 33.5 Å². The number of amides is 1. The van der Waals surface area contributed by atoms with Crippen LogP contribution in [0.4, 0.5) is 5.69 Å². The molecule has 0 fully saturated rings. The van der Waals surface area contributed by atoms with Gasteiger partial charge in [-0.2, -0.15) is 0 Å². The average molecular weight is 414 g/mol. The third kappa shape index (κ3) is 2.70. The third-order valence-corrected chi connectivity index (χ3v) is 5.02. The van der Waals surface area contributed by atoms with E-state index < -0.39 is 11.9 Å². The van der Waals surface area contributed by atoms with Crippen LogP contribution in [0.5, 0.6) is 5.75 Å². The van der Waals surface area contributed by atoms with Gasteiger partial charge in [0.15, 0.2) is 5.75 Å². The summed E-state index contributed by atoms with van der Waals surface area (Å²) < 4.78 is 12.1. The lowest BCUT2D eigenvalue weighted by Crippen LogP contribution is -2.38. The first kappa shape index (κ1) is 16.8. The molecule has 26 heavy (non-hydrogen) atoms. The molecule has 0 aromatic heterocycles. The Morgan fingerprint density at radius 3 is 2.69 bits per heavy atom. The molecular weight excluding hydrogens is 398 g/mol. The third-order valence-electron chi connectivity index (χ3n) is 4.49. The molecule has 0 bridgehead atoms. The maximum atomic E-state index is 12.9. The molecule has 2 aromatic rings. The van der Waals surface area contributed by atoms with Crippen LogP contribution in [0.3, 0.4) is 0 Å². The van der Waals surface area contributed by atoms with E-state index >= 15 is 0 Å². The SMILES string of the molecule is CCOC(=O)C1=C2Oc3ccccc3N2C(=O)C[C@@H]1c1ccc(Br)cc1. The van der Waals surface area contributed by atoms with Crippen LogP contribution in [0.1, 0.15) is 24.8 Å². The number of halogens is 1. The molecule has 0 radical (unpaired) electrons. The number of hydrogen-bond donors (Lipinski definition) is 0. The van der Waals surface area contributed by atoms with Gasteiger partial charge < -0.3 is 9.47 Å². The Morgan fingerprint density at radius 2 is 1.96 bits per heavy atom. The molecule has 6 heteroatoms. The second-order valence-corrected chi connectivity index (χ2v) is 6.96.